The molecular formula is C24H22ClN5O3S. The molecule has 2 aromatic carbocycles. The summed E-state index contributed by atoms with van der Waals surface area (Å²) in [5, 5.41) is 13.7. The van der Waals surface area contributed by atoms with Gasteiger partial charge in [0.25, 0.3) is 0 Å². The molecular weight excluding hydrogens is 474 g/mol. The van der Waals surface area contributed by atoms with Gasteiger partial charge in [0.1, 0.15) is 5.82 Å². The smallest absolute Gasteiger partial charge is 0.338 e. The molecule has 1 unspecified atom stereocenters. The van der Waals surface area contributed by atoms with Gasteiger partial charge in [-0.05, 0) is 36.3 Å². The van der Waals surface area contributed by atoms with Crippen LogP contribution in [0.1, 0.15) is 29.9 Å². The van der Waals surface area contributed by atoms with E-state index >= 15 is 0 Å². The lowest BCUT2D eigenvalue weighted by molar-refractivity contribution is -0.139. The van der Waals surface area contributed by atoms with E-state index in [-0.39, 0.29) is 12.4 Å². The highest BCUT2D eigenvalue weighted by molar-refractivity contribution is 7.99. The number of carbonyl (C=O) groups excluding carboxylic acids is 2. The predicted octanol–water partition coefficient (Wildman–Crippen LogP) is 4.59. The van der Waals surface area contributed by atoms with Gasteiger partial charge in [-0.15, -0.1) is 5.10 Å². The van der Waals surface area contributed by atoms with Crippen LogP contribution >= 0.6 is 23.4 Å². The number of benzene rings is 2. The second-order valence-corrected chi connectivity index (χ2v) is 8.61. The number of H-pyrrole nitrogens is 1. The molecule has 0 spiro atoms. The number of rotatable bonds is 8. The highest BCUT2D eigenvalue weighted by Gasteiger charge is 2.33. The number of ether oxygens (including phenoxy) is 1. The number of thioether (sulfide) groups is 1. The van der Waals surface area contributed by atoms with Crippen LogP contribution in [0.3, 0.4) is 0 Å². The van der Waals surface area contributed by atoms with Crippen molar-refractivity contribution in [1.82, 2.24) is 25.8 Å². The van der Waals surface area contributed by atoms with Gasteiger partial charge < -0.3 is 15.4 Å². The summed E-state index contributed by atoms with van der Waals surface area (Å²) in [6, 6.07) is 15.7. The van der Waals surface area contributed by atoms with Crippen molar-refractivity contribution in [2.24, 2.45) is 0 Å². The van der Waals surface area contributed by atoms with Crippen LogP contribution in [0.4, 0.5) is 4.79 Å². The number of hydrogen-bond acceptors (Lipinski definition) is 6. The molecule has 174 valence electrons. The molecule has 3 N–H and O–H groups in total. The SMILES string of the molecule is CCOC(=O)C1=C(CSc2n[nH]c(/C=C/c3ccccc3)n2)NC(=O)NC1c1ccc(Cl)cc1. The summed E-state index contributed by atoms with van der Waals surface area (Å²) in [4.78, 5) is 29.7. The van der Waals surface area contributed by atoms with Crippen molar-refractivity contribution in [3.8, 4) is 0 Å². The number of amides is 2. The van der Waals surface area contributed by atoms with E-state index in [4.69, 9.17) is 16.3 Å². The lowest BCUT2D eigenvalue weighted by Gasteiger charge is -2.29. The molecule has 0 bridgehead atoms. The lowest BCUT2D eigenvalue weighted by Crippen LogP contribution is -2.46. The lowest BCUT2D eigenvalue weighted by atomic mass is 9.95. The molecule has 8 nitrogen and oxygen atoms in total. The molecule has 0 saturated carbocycles. The van der Waals surface area contributed by atoms with E-state index in [0.717, 1.165) is 11.1 Å². The van der Waals surface area contributed by atoms with E-state index in [9.17, 15) is 9.59 Å². The number of urea groups is 1. The third-order valence-corrected chi connectivity index (χ3v) is 6.04. The van der Waals surface area contributed by atoms with Crippen LogP contribution in [-0.2, 0) is 9.53 Å². The fraction of sp³-hybridized carbons (Fsp3) is 0.167. The van der Waals surface area contributed by atoms with Crippen LogP contribution in [-0.4, -0.2) is 39.5 Å². The zero-order chi connectivity index (χ0) is 23.9. The zero-order valence-electron chi connectivity index (χ0n) is 18.2. The van der Waals surface area contributed by atoms with Gasteiger partial charge in [-0.2, -0.15) is 0 Å². The highest BCUT2D eigenvalue weighted by Crippen LogP contribution is 2.30. The van der Waals surface area contributed by atoms with Crippen molar-refractivity contribution in [2.45, 2.75) is 18.1 Å². The first-order valence-electron chi connectivity index (χ1n) is 10.5. The molecule has 0 saturated heterocycles. The predicted molar refractivity (Wildman–Crippen MR) is 132 cm³/mol. The molecule has 2 amide bonds. The van der Waals surface area contributed by atoms with Gasteiger partial charge in [0.05, 0.1) is 18.2 Å². The summed E-state index contributed by atoms with van der Waals surface area (Å²) >= 11 is 7.30. The number of hydrogen-bond donors (Lipinski definition) is 3. The second kappa shape index (κ2) is 11.0. The molecule has 1 atom stereocenters. The summed E-state index contributed by atoms with van der Waals surface area (Å²) in [6.07, 6.45) is 3.76. The number of aromatic amines is 1. The molecule has 4 rings (SSSR count). The van der Waals surface area contributed by atoms with Crippen molar-refractivity contribution in [3.63, 3.8) is 0 Å². The van der Waals surface area contributed by atoms with Crippen LogP contribution in [0.25, 0.3) is 12.2 Å². The van der Waals surface area contributed by atoms with Gasteiger partial charge in [0, 0.05) is 16.5 Å². The minimum Gasteiger partial charge on any atom is -0.463 e. The maximum absolute atomic E-state index is 12.8. The van der Waals surface area contributed by atoms with Gasteiger partial charge in [-0.1, -0.05) is 71.9 Å². The summed E-state index contributed by atoms with van der Waals surface area (Å²) in [6.45, 7) is 1.94. The van der Waals surface area contributed by atoms with Crippen molar-refractivity contribution in [2.75, 3.05) is 12.4 Å². The number of nitrogens with one attached hydrogen (secondary N) is 3. The van der Waals surface area contributed by atoms with Gasteiger partial charge in [-0.25, -0.2) is 14.6 Å². The third kappa shape index (κ3) is 5.86. The number of esters is 1. The summed E-state index contributed by atoms with van der Waals surface area (Å²) in [5.74, 6) is 0.358. The Morgan fingerprint density at radius 1 is 1.15 bits per heavy atom. The van der Waals surface area contributed by atoms with Crippen molar-refractivity contribution in [3.05, 3.63) is 87.8 Å². The molecule has 0 fully saturated rings. The Labute approximate surface area is 205 Å². The number of nitrogens with zero attached hydrogens (tertiary/aromatic N) is 2. The molecule has 1 aliphatic rings. The normalized spacial score (nSPS) is 15.8. The molecule has 2 heterocycles. The van der Waals surface area contributed by atoms with Crippen LogP contribution < -0.4 is 10.6 Å². The highest BCUT2D eigenvalue weighted by atomic mass is 35.5. The van der Waals surface area contributed by atoms with E-state index in [1.165, 1.54) is 11.8 Å². The Morgan fingerprint density at radius 3 is 2.65 bits per heavy atom. The fourth-order valence-corrected chi connectivity index (χ4v) is 4.26. The number of aromatic nitrogens is 3. The summed E-state index contributed by atoms with van der Waals surface area (Å²) < 4.78 is 5.28. The Bertz CT molecular complexity index is 1220. The van der Waals surface area contributed by atoms with Crippen molar-refractivity contribution >= 4 is 47.5 Å². The van der Waals surface area contributed by atoms with Crippen molar-refractivity contribution in [1.29, 1.82) is 0 Å². The molecule has 3 aromatic rings. The standard InChI is InChI=1S/C24H22ClN5O3S/c1-2-33-22(31)20-18(26-23(32)28-21(20)16-9-11-17(25)12-10-16)14-34-24-27-19(29-30-24)13-8-15-6-4-3-5-7-15/h3-13,21H,2,14H2,1H3,(H2,26,28,32)(H,27,29,30)/b13-8+. The van der Waals surface area contributed by atoms with E-state index in [1.807, 2.05) is 42.5 Å². The minimum atomic E-state index is -0.669. The monoisotopic (exact) mass is 495 g/mol. The first-order valence-corrected chi connectivity index (χ1v) is 11.9. The maximum Gasteiger partial charge on any atom is 0.338 e. The van der Waals surface area contributed by atoms with Crippen LogP contribution in [0.15, 0.2) is 71.0 Å². The van der Waals surface area contributed by atoms with Gasteiger partial charge in [0.15, 0.2) is 0 Å². The topological polar surface area (TPSA) is 109 Å². The Hall–Kier alpha value is -3.56. The zero-order valence-corrected chi connectivity index (χ0v) is 19.8. The Morgan fingerprint density at radius 2 is 1.91 bits per heavy atom. The second-order valence-electron chi connectivity index (χ2n) is 7.23. The van der Waals surface area contributed by atoms with E-state index in [2.05, 4.69) is 25.8 Å². The fourth-order valence-electron chi connectivity index (χ4n) is 3.36. The van der Waals surface area contributed by atoms with Crippen LogP contribution in [0, 0.1) is 0 Å². The van der Waals surface area contributed by atoms with Gasteiger partial charge in [-0.3, -0.25) is 5.10 Å². The molecule has 1 aliphatic heterocycles. The van der Waals surface area contributed by atoms with Gasteiger partial charge >= 0.3 is 12.0 Å². The van der Waals surface area contributed by atoms with E-state index < -0.39 is 18.0 Å². The Kier molecular flexibility index (Phi) is 7.66. The average molecular weight is 496 g/mol. The summed E-state index contributed by atoms with van der Waals surface area (Å²) in [5.41, 5.74) is 2.54. The van der Waals surface area contributed by atoms with Crippen LogP contribution in [0.5, 0.6) is 0 Å². The average Bonchev–Trinajstić information content (AvgIpc) is 3.30. The van der Waals surface area contributed by atoms with Crippen LogP contribution in [0.2, 0.25) is 5.02 Å². The van der Waals surface area contributed by atoms with E-state index in [1.54, 1.807) is 31.2 Å². The quantitative estimate of drug-likeness (QED) is 0.311. The molecule has 0 radical (unpaired) electrons. The summed E-state index contributed by atoms with van der Waals surface area (Å²) in [7, 11) is 0. The third-order valence-electron chi connectivity index (χ3n) is 4.91. The molecule has 34 heavy (non-hydrogen) atoms. The van der Waals surface area contributed by atoms with Gasteiger partial charge in [0.2, 0.25) is 5.16 Å². The molecule has 0 aliphatic carbocycles. The number of halogens is 1. The first kappa shape index (κ1) is 23.6. The van der Waals surface area contributed by atoms with Crippen molar-refractivity contribution < 1.29 is 14.3 Å². The maximum atomic E-state index is 12.8. The van der Waals surface area contributed by atoms with E-state index in [0.29, 0.717) is 27.3 Å². The minimum absolute atomic E-state index is 0.210. The first-order chi connectivity index (χ1) is 16.5. The molecule has 1 aromatic heterocycles. The number of carbonyl (C=O) groups is 2. The Balaban J connectivity index is 1.55. The molecule has 10 heteroatoms. The largest absolute Gasteiger partial charge is 0.463 e.